The molecule has 0 saturated heterocycles. The largest absolute Gasteiger partial charge is 0.372 e. The van der Waals surface area contributed by atoms with E-state index in [1.165, 1.54) is 5.69 Å². The van der Waals surface area contributed by atoms with Gasteiger partial charge in [0.15, 0.2) is 5.82 Å². The summed E-state index contributed by atoms with van der Waals surface area (Å²) in [5.74, 6) is 1.36. The molecule has 0 saturated carbocycles. The number of benzene rings is 1. The first kappa shape index (κ1) is 19.0. The lowest BCUT2D eigenvalue weighted by Gasteiger charge is -2.22. The molecule has 2 aromatic rings. The van der Waals surface area contributed by atoms with Crippen LogP contribution in [0.3, 0.4) is 0 Å². The highest BCUT2D eigenvalue weighted by molar-refractivity contribution is 5.64. The number of nitrogens with zero attached hydrogens (tertiary/aromatic N) is 5. The number of aryl methyl sites for hydroxylation is 1. The average molecular weight is 342 g/mol. The fourth-order valence-electron chi connectivity index (χ4n) is 2.74. The van der Waals surface area contributed by atoms with E-state index in [4.69, 9.17) is 0 Å². The zero-order chi connectivity index (χ0) is 18.2. The van der Waals surface area contributed by atoms with Crippen LogP contribution in [-0.2, 0) is 0 Å². The lowest BCUT2D eigenvalue weighted by Crippen LogP contribution is -2.21. The topological polar surface area (TPSA) is 57.2 Å². The van der Waals surface area contributed by atoms with Crippen LogP contribution in [0.25, 0.3) is 0 Å². The summed E-state index contributed by atoms with van der Waals surface area (Å²) in [7, 11) is 2.04. The maximum atomic E-state index is 4.58. The molecule has 0 fully saturated rings. The zero-order valence-corrected chi connectivity index (χ0v) is 16.1. The van der Waals surface area contributed by atoms with Gasteiger partial charge in [-0.2, -0.15) is 10.1 Å². The number of hydrogen-bond donors (Lipinski definition) is 1. The normalized spacial score (nSPS) is 10.6. The highest BCUT2D eigenvalue weighted by Gasteiger charge is 2.09. The van der Waals surface area contributed by atoms with Gasteiger partial charge < -0.3 is 15.1 Å². The van der Waals surface area contributed by atoms with Crippen molar-refractivity contribution in [3.8, 4) is 0 Å². The SMILES string of the molecule is CCCCN(C)c1cnnc(Nc2ccc(N(CC)CC)cc2C)n1. The van der Waals surface area contributed by atoms with Crippen LogP contribution in [-0.4, -0.2) is 41.9 Å². The summed E-state index contributed by atoms with van der Waals surface area (Å²) in [6.07, 6.45) is 4.00. The molecule has 1 N–H and O–H groups in total. The first-order chi connectivity index (χ1) is 12.1. The van der Waals surface area contributed by atoms with Crippen molar-refractivity contribution < 1.29 is 0 Å². The summed E-state index contributed by atoms with van der Waals surface area (Å²) in [5, 5.41) is 11.5. The summed E-state index contributed by atoms with van der Waals surface area (Å²) in [6.45, 7) is 11.6. The predicted molar refractivity (Wildman–Crippen MR) is 106 cm³/mol. The third kappa shape index (κ3) is 5.05. The molecule has 0 amide bonds. The second-order valence-corrected chi connectivity index (χ2v) is 6.21. The molecule has 1 heterocycles. The van der Waals surface area contributed by atoms with Gasteiger partial charge in [0.2, 0.25) is 5.95 Å². The first-order valence-electron chi connectivity index (χ1n) is 9.12. The van der Waals surface area contributed by atoms with Gasteiger partial charge in [-0.25, -0.2) is 0 Å². The van der Waals surface area contributed by atoms with E-state index in [0.29, 0.717) is 5.95 Å². The van der Waals surface area contributed by atoms with E-state index in [9.17, 15) is 0 Å². The third-order valence-electron chi connectivity index (χ3n) is 4.37. The minimum atomic E-state index is 0.527. The highest BCUT2D eigenvalue weighted by atomic mass is 15.3. The van der Waals surface area contributed by atoms with Crippen LogP contribution < -0.4 is 15.1 Å². The van der Waals surface area contributed by atoms with Crippen molar-refractivity contribution in [1.29, 1.82) is 0 Å². The Labute approximate surface area is 151 Å². The fourth-order valence-corrected chi connectivity index (χ4v) is 2.74. The Morgan fingerprint density at radius 1 is 1.12 bits per heavy atom. The highest BCUT2D eigenvalue weighted by Crippen LogP contribution is 2.24. The average Bonchev–Trinajstić information content (AvgIpc) is 2.63. The number of unbranched alkanes of at least 4 members (excludes halogenated alkanes) is 1. The summed E-state index contributed by atoms with van der Waals surface area (Å²) in [4.78, 5) is 9.02. The summed E-state index contributed by atoms with van der Waals surface area (Å²) >= 11 is 0. The van der Waals surface area contributed by atoms with Gasteiger partial charge in [0, 0.05) is 38.1 Å². The maximum absolute atomic E-state index is 4.58. The number of anilines is 4. The molecule has 2 rings (SSSR count). The van der Waals surface area contributed by atoms with Gasteiger partial charge in [-0.05, 0) is 51.0 Å². The minimum absolute atomic E-state index is 0.527. The second-order valence-electron chi connectivity index (χ2n) is 6.21. The van der Waals surface area contributed by atoms with Gasteiger partial charge >= 0.3 is 0 Å². The van der Waals surface area contributed by atoms with Crippen LogP contribution in [0.15, 0.2) is 24.4 Å². The van der Waals surface area contributed by atoms with Gasteiger partial charge in [-0.1, -0.05) is 13.3 Å². The second kappa shape index (κ2) is 9.20. The van der Waals surface area contributed by atoms with Crippen LogP contribution >= 0.6 is 0 Å². The lowest BCUT2D eigenvalue weighted by atomic mass is 10.1. The van der Waals surface area contributed by atoms with Crippen molar-refractivity contribution in [3.05, 3.63) is 30.0 Å². The Hall–Kier alpha value is -2.37. The van der Waals surface area contributed by atoms with Gasteiger partial charge in [0.25, 0.3) is 0 Å². The molecule has 0 spiro atoms. The van der Waals surface area contributed by atoms with Crippen molar-refractivity contribution in [2.75, 3.05) is 41.8 Å². The molecule has 6 heteroatoms. The predicted octanol–water partition coefficient (Wildman–Crippen LogP) is 4.01. The molecule has 0 atom stereocenters. The Bertz CT molecular complexity index is 669. The molecular weight excluding hydrogens is 312 g/mol. The Morgan fingerprint density at radius 2 is 1.88 bits per heavy atom. The van der Waals surface area contributed by atoms with Crippen LogP contribution in [0, 0.1) is 6.92 Å². The molecule has 0 unspecified atom stereocenters. The Balaban J connectivity index is 2.14. The zero-order valence-electron chi connectivity index (χ0n) is 16.1. The van der Waals surface area contributed by atoms with Crippen molar-refractivity contribution >= 4 is 23.1 Å². The summed E-state index contributed by atoms with van der Waals surface area (Å²) in [5.41, 5.74) is 3.41. The van der Waals surface area contributed by atoms with Crippen LogP contribution in [0.5, 0.6) is 0 Å². The molecule has 1 aromatic heterocycles. The molecule has 0 bridgehead atoms. The molecule has 0 aliphatic carbocycles. The van der Waals surface area contributed by atoms with Crippen molar-refractivity contribution in [1.82, 2.24) is 15.2 Å². The molecule has 0 aliphatic rings. The van der Waals surface area contributed by atoms with Crippen LogP contribution in [0.4, 0.5) is 23.1 Å². The molecule has 0 radical (unpaired) electrons. The quantitative estimate of drug-likeness (QED) is 0.743. The Kier molecular flexibility index (Phi) is 6.98. The number of rotatable bonds is 9. The van der Waals surface area contributed by atoms with E-state index in [-0.39, 0.29) is 0 Å². The van der Waals surface area contributed by atoms with Crippen molar-refractivity contribution in [3.63, 3.8) is 0 Å². The molecule has 1 aromatic carbocycles. The monoisotopic (exact) mass is 342 g/mol. The number of aromatic nitrogens is 3. The first-order valence-corrected chi connectivity index (χ1v) is 9.12. The third-order valence-corrected chi connectivity index (χ3v) is 4.37. The van der Waals surface area contributed by atoms with E-state index in [1.54, 1.807) is 6.20 Å². The van der Waals surface area contributed by atoms with Crippen LogP contribution in [0.1, 0.15) is 39.2 Å². The number of nitrogens with one attached hydrogen (secondary N) is 1. The minimum Gasteiger partial charge on any atom is -0.372 e. The fraction of sp³-hybridized carbons (Fsp3) is 0.526. The molecule has 6 nitrogen and oxygen atoms in total. The molecule has 0 aliphatic heterocycles. The van der Waals surface area contributed by atoms with Crippen molar-refractivity contribution in [2.45, 2.75) is 40.5 Å². The van der Waals surface area contributed by atoms with E-state index < -0.39 is 0 Å². The smallest absolute Gasteiger partial charge is 0.249 e. The maximum Gasteiger partial charge on any atom is 0.249 e. The number of hydrogen-bond acceptors (Lipinski definition) is 6. The molecule has 136 valence electrons. The molecule has 25 heavy (non-hydrogen) atoms. The van der Waals surface area contributed by atoms with E-state index in [2.05, 4.69) is 76.2 Å². The lowest BCUT2D eigenvalue weighted by molar-refractivity contribution is 0.754. The van der Waals surface area contributed by atoms with E-state index in [1.807, 2.05) is 7.05 Å². The van der Waals surface area contributed by atoms with Crippen molar-refractivity contribution in [2.24, 2.45) is 0 Å². The van der Waals surface area contributed by atoms with Gasteiger partial charge in [-0.15, -0.1) is 5.10 Å². The summed E-state index contributed by atoms with van der Waals surface area (Å²) in [6, 6.07) is 6.41. The van der Waals surface area contributed by atoms with Gasteiger partial charge in [0.1, 0.15) is 0 Å². The van der Waals surface area contributed by atoms with E-state index in [0.717, 1.165) is 49.5 Å². The molecular formula is C19H30N6. The van der Waals surface area contributed by atoms with Gasteiger partial charge in [0.05, 0.1) is 6.20 Å². The Morgan fingerprint density at radius 3 is 2.52 bits per heavy atom. The van der Waals surface area contributed by atoms with Crippen LogP contribution in [0.2, 0.25) is 0 Å². The summed E-state index contributed by atoms with van der Waals surface area (Å²) < 4.78 is 0. The van der Waals surface area contributed by atoms with E-state index >= 15 is 0 Å². The van der Waals surface area contributed by atoms with Gasteiger partial charge in [-0.3, -0.25) is 0 Å². The standard InChI is InChI=1S/C19H30N6/c1-6-9-12-24(5)18-14-20-23-19(22-18)21-17-11-10-16(13-15(17)4)25(7-2)8-3/h10-11,13-14H,6-9,12H2,1-5H3,(H,21,22,23).